The van der Waals surface area contributed by atoms with E-state index in [0.29, 0.717) is 13.0 Å². The lowest BCUT2D eigenvalue weighted by Gasteiger charge is -2.10. The Bertz CT molecular complexity index is 614. The first kappa shape index (κ1) is 15.5. The van der Waals surface area contributed by atoms with Crippen molar-refractivity contribution in [3.63, 3.8) is 0 Å². The average molecular weight is 320 g/mol. The van der Waals surface area contributed by atoms with Crippen molar-refractivity contribution in [2.45, 2.75) is 12.6 Å². The zero-order chi connectivity index (χ0) is 15.5. The van der Waals surface area contributed by atoms with Crippen LogP contribution in [-0.2, 0) is 12.6 Å². The fourth-order valence-corrected chi connectivity index (χ4v) is 1.82. The number of hydrogen-bond donors (Lipinski definition) is 1. The highest BCUT2D eigenvalue weighted by molar-refractivity contribution is 6.28. The summed E-state index contributed by atoms with van der Waals surface area (Å²) >= 11 is 5.47. The molecule has 0 atom stereocenters. The molecule has 2 rings (SSSR count). The quantitative estimate of drug-likeness (QED) is 0.685. The largest absolute Gasteiger partial charge is 0.433 e. The predicted molar refractivity (Wildman–Crippen MR) is 70.6 cm³/mol. The molecule has 0 aliphatic rings. The highest BCUT2D eigenvalue weighted by Gasteiger charge is 2.33. The number of alkyl halides is 3. The third-order valence-electron chi connectivity index (χ3n) is 2.62. The maximum atomic E-state index is 12.7. The molecule has 21 heavy (non-hydrogen) atoms. The van der Waals surface area contributed by atoms with E-state index in [0.717, 1.165) is 11.6 Å². The minimum atomic E-state index is -4.58. The lowest BCUT2D eigenvalue weighted by Crippen LogP contribution is -2.12. The van der Waals surface area contributed by atoms with Crippen molar-refractivity contribution in [1.29, 1.82) is 0 Å². The summed E-state index contributed by atoms with van der Waals surface area (Å²) in [6, 6.07) is 6.63. The second kappa shape index (κ2) is 6.26. The second-order valence-electron chi connectivity index (χ2n) is 4.21. The molecule has 0 amide bonds. The fraction of sp³-hybridized carbons (Fsp3) is 0.231. The van der Waals surface area contributed by atoms with Gasteiger partial charge in [-0.1, -0.05) is 12.1 Å². The van der Waals surface area contributed by atoms with Crippen LogP contribution in [0.3, 0.4) is 0 Å². The number of rotatable bonds is 4. The van der Waals surface area contributed by atoms with Gasteiger partial charge < -0.3 is 5.32 Å². The van der Waals surface area contributed by atoms with E-state index < -0.39 is 17.2 Å². The number of anilines is 1. The first-order valence-corrected chi connectivity index (χ1v) is 6.32. The van der Waals surface area contributed by atoms with Crippen molar-refractivity contribution in [3.8, 4) is 0 Å². The van der Waals surface area contributed by atoms with E-state index in [1.165, 1.54) is 12.1 Å². The van der Waals surface area contributed by atoms with Crippen LogP contribution in [0.15, 0.2) is 30.3 Å². The molecule has 0 bridgehead atoms. The maximum absolute atomic E-state index is 12.7. The van der Waals surface area contributed by atoms with Gasteiger partial charge in [-0.25, -0.2) is 14.4 Å². The maximum Gasteiger partial charge on any atom is 0.433 e. The van der Waals surface area contributed by atoms with Gasteiger partial charge in [-0.2, -0.15) is 13.2 Å². The number of aromatic nitrogens is 2. The van der Waals surface area contributed by atoms with E-state index in [2.05, 4.69) is 15.3 Å². The molecule has 112 valence electrons. The first-order valence-electron chi connectivity index (χ1n) is 5.95. The van der Waals surface area contributed by atoms with Crippen molar-refractivity contribution < 1.29 is 17.6 Å². The summed E-state index contributed by atoms with van der Waals surface area (Å²) < 4.78 is 50.4. The SMILES string of the molecule is Fc1ccc(CCNc2cc(C(F)(F)F)nc(Cl)n2)cc1. The molecule has 0 unspecified atom stereocenters. The van der Waals surface area contributed by atoms with Crippen LogP contribution in [0.4, 0.5) is 23.4 Å². The molecule has 1 heterocycles. The minimum Gasteiger partial charge on any atom is -0.370 e. The Morgan fingerprint density at radius 3 is 2.38 bits per heavy atom. The molecule has 0 spiro atoms. The highest BCUT2D eigenvalue weighted by atomic mass is 35.5. The van der Waals surface area contributed by atoms with Crippen molar-refractivity contribution in [3.05, 3.63) is 52.7 Å². The topological polar surface area (TPSA) is 37.8 Å². The number of nitrogens with one attached hydrogen (secondary N) is 1. The third-order valence-corrected chi connectivity index (χ3v) is 2.79. The van der Waals surface area contributed by atoms with Gasteiger partial charge in [-0.05, 0) is 35.7 Å². The van der Waals surface area contributed by atoms with E-state index in [1.54, 1.807) is 12.1 Å². The van der Waals surface area contributed by atoms with Crippen LogP contribution in [-0.4, -0.2) is 16.5 Å². The molecule has 2 aromatic rings. The van der Waals surface area contributed by atoms with Crippen LogP contribution < -0.4 is 5.32 Å². The van der Waals surface area contributed by atoms with Gasteiger partial charge in [0.25, 0.3) is 0 Å². The lowest BCUT2D eigenvalue weighted by molar-refractivity contribution is -0.141. The van der Waals surface area contributed by atoms with E-state index in [4.69, 9.17) is 11.6 Å². The van der Waals surface area contributed by atoms with Crippen LogP contribution in [0.5, 0.6) is 0 Å². The van der Waals surface area contributed by atoms with Crippen molar-refractivity contribution >= 4 is 17.4 Å². The molecule has 0 aliphatic heterocycles. The van der Waals surface area contributed by atoms with Gasteiger partial charge in [0.1, 0.15) is 11.6 Å². The molecule has 8 heteroatoms. The van der Waals surface area contributed by atoms with E-state index >= 15 is 0 Å². The van der Waals surface area contributed by atoms with Gasteiger partial charge in [0.2, 0.25) is 5.28 Å². The number of benzene rings is 1. The molecule has 1 aromatic heterocycles. The van der Waals surface area contributed by atoms with Gasteiger partial charge in [0, 0.05) is 12.6 Å². The van der Waals surface area contributed by atoms with Crippen LogP contribution >= 0.6 is 11.6 Å². The molecule has 0 saturated heterocycles. The Kier molecular flexibility index (Phi) is 4.62. The summed E-state index contributed by atoms with van der Waals surface area (Å²) in [5, 5.41) is 2.25. The molecule has 1 N–H and O–H groups in total. The molecule has 3 nitrogen and oxygen atoms in total. The van der Waals surface area contributed by atoms with Crippen molar-refractivity contribution in [1.82, 2.24) is 9.97 Å². The zero-order valence-corrected chi connectivity index (χ0v) is 11.3. The Morgan fingerprint density at radius 2 is 1.76 bits per heavy atom. The summed E-state index contributed by atoms with van der Waals surface area (Å²) in [4.78, 5) is 6.80. The smallest absolute Gasteiger partial charge is 0.370 e. The third kappa shape index (κ3) is 4.56. The molecule has 1 aromatic carbocycles. The zero-order valence-electron chi connectivity index (χ0n) is 10.6. The summed E-state index contributed by atoms with van der Waals surface area (Å²) in [5.74, 6) is -0.353. The number of nitrogens with zero attached hydrogens (tertiary/aromatic N) is 2. The lowest BCUT2D eigenvalue weighted by atomic mass is 10.1. The molecular weight excluding hydrogens is 310 g/mol. The minimum absolute atomic E-state index is 0.00978. The van der Waals surface area contributed by atoms with E-state index in [-0.39, 0.29) is 11.6 Å². The van der Waals surface area contributed by atoms with Crippen LogP contribution in [0.25, 0.3) is 0 Å². The van der Waals surface area contributed by atoms with Crippen LogP contribution in [0.1, 0.15) is 11.3 Å². The first-order chi connectivity index (χ1) is 9.84. The van der Waals surface area contributed by atoms with Gasteiger partial charge in [0.15, 0.2) is 5.69 Å². The van der Waals surface area contributed by atoms with Gasteiger partial charge >= 0.3 is 6.18 Å². The second-order valence-corrected chi connectivity index (χ2v) is 4.55. The van der Waals surface area contributed by atoms with Crippen LogP contribution in [0.2, 0.25) is 5.28 Å². The summed E-state index contributed by atoms with van der Waals surface area (Å²) in [5.41, 5.74) is -0.258. The highest BCUT2D eigenvalue weighted by Crippen LogP contribution is 2.29. The van der Waals surface area contributed by atoms with E-state index in [1.807, 2.05) is 0 Å². The fourth-order valence-electron chi connectivity index (χ4n) is 1.64. The molecular formula is C13H10ClF4N3. The predicted octanol–water partition coefficient (Wildman–Crippen LogP) is 3.94. The Morgan fingerprint density at radius 1 is 1.10 bits per heavy atom. The van der Waals surface area contributed by atoms with E-state index in [9.17, 15) is 17.6 Å². The summed E-state index contributed by atoms with van der Waals surface area (Å²) in [6.07, 6.45) is -4.08. The van der Waals surface area contributed by atoms with Crippen molar-refractivity contribution in [2.75, 3.05) is 11.9 Å². The molecule has 0 radical (unpaired) electrons. The van der Waals surface area contributed by atoms with Gasteiger partial charge in [-0.15, -0.1) is 0 Å². The molecule has 0 saturated carbocycles. The Labute approximate surface area is 123 Å². The summed E-state index contributed by atoms with van der Waals surface area (Å²) in [7, 11) is 0. The van der Waals surface area contributed by atoms with Gasteiger partial charge in [-0.3, -0.25) is 0 Å². The Hall–Kier alpha value is -1.89. The van der Waals surface area contributed by atoms with Crippen LogP contribution in [0, 0.1) is 5.82 Å². The number of hydrogen-bond acceptors (Lipinski definition) is 3. The van der Waals surface area contributed by atoms with Gasteiger partial charge in [0.05, 0.1) is 0 Å². The molecule has 0 aliphatic carbocycles. The monoisotopic (exact) mass is 319 g/mol. The standard InChI is InChI=1S/C13H10ClF4N3/c14-12-20-10(13(16,17)18)7-11(21-12)19-6-5-8-1-3-9(15)4-2-8/h1-4,7H,5-6H2,(H,19,20,21). The normalized spacial score (nSPS) is 11.5. The number of halogens is 5. The molecule has 0 fully saturated rings. The van der Waals surface area contributed by atoms with Crippen molar-refractivity contribution in [2.24, 2.45) is 0 Å². The summed E-state index contributed by atoms with van der Waals surface area (Å²) in [6.45, 7) is 0.330. The average Bonchev–Trinajstić information content (AvgIpc) is 2.39. The Balaban J connectivity index is 2.00.